The molecule has 1 atom stereocenters. The molecule has 0 saturated heterocycles. The minimum absolute atomic E-state index is 0.277. The molecule has 0 aliphatic rings. The average molecular weight is 239 g/mol. The van der Waals surface area contributed by atoms with E-state index in [1.165, 1.54) is 12.3 Å². The minimum Gasteiger partial charge on any atom is -0.311 e. The molecule has 1 aromatic rings. The smallest absolute Gasteiger partial charge is 0.141 e. The molecule has 4 heteroatoms. The van der Waals surface area contributed by atoms with Crippen LogP contribution in [0.1, 0.15) is 25.8 Å². The second-order valence-electron chi connectivity index (χ2n) is 4.43. The predicted molar refractivity (Wildman–Crippen MR) is 68.3 cm³/mol. The number of nitrogens with one attached hydrogen (secondary N) is 1. The van der Waals surface area contributed by atoms with Gasteiger partial charge in [-0.3, -0.25) is 4.98 Å². The first-order valence-electron chi connectivity index (χ1n) is 6.14. The third-order valence-corrected chi connectivity index (χ3v) is 3.08. The molecular weight excluding hydrogens is 217 g/mol. The van der Waals surface area contributed by atoms with E-state index in [2.05, 4.69) is 36.1 Å². The second kappa shape index (κ2) is 7.35. The van der Waals surface area contributed by atoms with Crippen LogP contribution in [0.2, 0.25) is 0 Å². The van der Waals surface area contributed by atoms with Gasteiger partial charge in [0, 0.05) is 31.9 Å². The molecule has 0 amide bonds. The van der Waals surface area contributed by atoms with Crippen molar-refractivity contribution in [2.24, 2.45) is 0 Å². The van der Waals surface area contributed by atoms with Crippen LogP contribution in [0.5, 0.6) is 0 Å². The number of hydrogen-bond donors (Lipinski definition) is 1. The Labute approximate surface area is 103 Å². The molecule has 0 bridgehead atoms. The first kappa shape index (κ1) is 14.1. The number of likely N-dealkylation sites (N-methyl/N-ethyl adjacent to an activating group) is 1. The minimum atomic E-state index is -0.277. The van der Waals surface area contributed by atoms with Crippen LogP contribution in [0.3, 0.4) is 0 Å². The van der Waals surface area contributed by atoms with E-state index in [1.807, 2.05) is 0 Å². The molecule has 1 aromatic heterocycles. The van der Waals surface area contributed by atoms with Crippen molar-refractivity contribution in [2.75, 3.05) is 20.1 Å². The highest BCUT2D eigenvalue weighted by molar-refractivity contribution is 5.09. The lowest BCUT2D eigenvalue weighted by Gasteiger charge is -2.23. The number of halogens is 1. The van der Waals surface area contributed by atoms with E-state index >= 15 is 0 Å². The summed E-state index contributed by atoms with van der Waals surface area (Å²) in [5, 5.41) is 3.29. The molecule has 96 valence electrons. The van der Waals surface area contributed by atoms with Gasteiger partial charge in [0.15, 0.2) is 0 Å². The Morgan fingerprint density at radius 3 is 2.88 bits per heavy atom. The SMILES string of the molecule is CCC(C)N(C)CCNCc1cncc(F)c1. The highest BCUT2D eigenvalue weighted by atomic mass is 19.1. The van der Waals surface area contributed by atoms with E-state index < -0.39 is 0 Å². The summed E-state index contributed by atoms with van der Waals surface area (Å²) in [6.07, 6.45) is 4.07. The first-order chi connectivity index (χ1) is 8.13. The van der Waals surface area contributed by atoms with Crippen LogP contribution >= 0.6 is 0 Å². The molecule has 1 rings (SSSR count). The summed E-state index contributed by atoms with van der Waals surface area (Å²) in [6, 6.07) is 2.12. The topological polar surface area (TPSA) is 28.2 Å². The van der Waals surface area contributed by atoms with Gasteiger partial charge in [0.1, 0.15) is 5.82 Å². The third-order valence-electron chi connectivity index (χ3n) is 3.08. The number of aromatic nitrogens is 1. The molecule has 0 fully saturated rings. The summed E-state index contributed by atoms with van der Waals surface area (Å²) < 4.78 is 12.9. The molecule has 17 heavy (non-hydrogen) atoms. The van der Waals surface area contributed by atoms with Crippen LogP contribution in [-0.2, 0) is 6.54 Å². The summed E-state index contributed by atoms with van der Waals surface area (Å²) >= 11 is 0. The fourth-order valence-electron chi connectivity index (χ4n) is 1.57. The van der Waals surface area contributed by atoms with Gasteiger partial charge in [-0.25, -0.2) is 4.39 Å². The van der Waals surface area contributed by atoms with Crippen molar-refractivity contribution in [3.05, 3.63) is 29.8 Å². The maximum absolute atomic E-state index is 12.9. The van der Waals surface area contributed by atoms with Crippen LogP contribution in [-0.4, -0.2) is 36.1 Å². The summed E-state index contributed by atoms with van der Waals surface area (Å²) in [4.78, 5) is 6.13. The maximum Gasteiger partial charge on any atom is 0.141 e. The van der Waals surface area contributed by atoms with Crippen molar-refractivity contribution < 1.29 is 4.39 Å². The van der Waals surface area contributed by atoms with Crippen LogP contribution in [0.15, 0.2) is 18.5 Å². The van der Waals surface area contributed by atoms with Crippen molar-refractivity contribution in [1.82, 2.24) is 15.2 Å². The Bertz CT molecular complexity index is 330. The molecule has 1 heterocycles. The van der Waals surface area contributed by atoms with Gasteiger partial charge < -0.3 is 10.2 Å². The van der Waals surface area contributed by atoms with Gasteiger partial charge in [-0.05, 0) is 32.0 Å². The summed E-state index contributed by atoms with van der Waals surface area (Å²) in [5.41, 5.74) is 0.885. The Kier molecular flexibility index (Phi) is 6.08. The largest absolute Gasteiger partial charge is 0.311 e. The number of hydrogen-bond acceptors (Lipinski definition) is 3. The number of rotatable bonds is 7. The van der Waals surface area contributed by atoms with E-state index in [4.69, 9.17) is 0 Å². The lowest BCUT2D eigenvalue weighted by atomic mass is 10.2. The third kappa shape index (κ3) is 5.24. The van der Waals surface area contributed by atoms with Gasteiger partial charge in [0.25, 0.3) is 0 Å². The predicted octanol–water partition coefficient (Wildman–Crippen LogP) is 2.04. The fraction of sp³-hybridized carbons (Fsp3) is 0.615. The van der Waals surface area contributed by atoms with E-state index in [1.54, 1.807) is 6.20 Å². The Morgan fingerprint density at radius 2 is 2.24 bits per heavy atom. The van der Waals surface area contributed by atoms with Crippen LogP contribution < -0.4 is 5.32 Å². The molecule has 0 aromatic carbocycles. The van der Waals surface area contributed by atoms with Crippen molar-refractivity contribution in [3.8, 4) is 0 Å². The molecule has 0 aliphatic heterocycles. The van der Waals surface area contributed by atoms with Gasteiger partial charge in [-0.1, -0.05) is 6.92 Å². The van der Waals surface area contributed by atoms with E-state index in [9.17, 15) is 4.39 Å². The van der Waals surface area contributed by atoms with E-state index in [0.717, 1.165) is 25.1 Å². The first-order valence-corrected chi connectivity index (χ1v) is 6.14. The van der Waals surface area contributed by atoms with Crippen molar-refractivity contribution in [3.63, 3.8) is 0 Å². The Hall–Kier alpha value is -1.00. The zero-order valence-corrected chi connectivity index (χ0v) is 10.9. The monoisotopic (exact) mass is 239 g/mol. The summed E-state index contributed by atoms with van der Waals surface area (Å²) in [7, 11) is 2.12. The van der Waals surface area contributed by atoms with Crippen LogP contribution in [0.25, 0.3) is 0 Å². The lowest BCUT2D eigenvalue weighted by molar-refractivity contribution is 0.251. The second-order valence-corrected chi connectivity index (χ2v) is 4.43. The molecule has 3 nitrogen and oxygen atoms in total. The van der Waals surface area contributed by atoms with Gasteiger partial charge in [-0.15, -0.1) is 0 Å². The van der Waals surface area contributed by atoms with Crippen molar-refractivity contribution in [2.45, 2.75) is 32.9 Å². The molecule has 0 saturated carbocycles. The molecule has 0 aliphatic carbocycles. The average Bonchev–Trinajstić information content (AvgIpc) is 2.33. The zero-order chi connectivity index (χ0) is 12.7. The number of nitrogens with zero attached hydrogens (tertiary/aromatic N) is 2. The Morgan fingerprint density at radius 1 is 1.47 bits per heavy atom. The quantitative estimate of drug-likeness (QED) is 0.738. The summed E-state index contributed by atoms with van der Waals surface area (Å²) in [5.74, 6) is -0.277. The fourth-order valence-corrected chi connectivity index (χ4v) is 1.57. The van der Waals surface area contributed by atoms with Crippen LogP contribution in [0.4, 0.5) is 4.39 Å². The highest BCUT2D eigenvalue weighted by Crippen LogP contribution is 2.01. The highest BCUT2D eigenvalue weighted by Gasteiger charge is 2.05. The zero-order valence-electron chi connectivity index (χ0n) is 10.9. The van der Waals surface area contributed by atoms with Gasteiger partial charge in [0.05, 0.1) is 6.20 Å². The van der Waals surface area contributed by atoms with Gasteiger partial charge in [-0.2, -0.15) is 0 Å². The van der Waals surface area contributed by atoms with Crippen molar-refractivity contribution >= 4 is 0 Å². The molecule has 1 unspecified atom stereocenters. The molecule has 0 spiro atoms. The molecule has 1 N–H and O–H groups in total. The maximum atomic E-state index is 12.9. The van der Waals surface area contributed by atoms with Crippen molar-refractivity contribution in [1.29, 1.82) is 0 Å². The summed E-state index contributed by atoms with van der Waals surface area (Å²) in [6.45, 7) is 6.97. The van der Waals surface area contributed by atoms with E-state index in [0.29, 0.717) is 12.6 Å². The van der Waals surface area contributed by atoms with Crippen LogP contribution in [0, 0.1) is 5.82 Å². The van der Waals surface area contributed by atoms with E-state index in [-0.39, 0.29) is 5.82 Å². The Balaban J connectivity index is 2.20. The molecule has 0 radical (unpaired) electrons. The standard InChI is InChI=1S/C13H22FN3/c1-4-11(2)17(3)6-5-15-8-12-7-13(14)10-16-9-12/h7,9-11,15H,4-6,8H2,1-3H3. The number of pyridine rings is 1. The normalized spacial score (nSPS) is 13.0. The van der Waals surface area contributed by atoms with Gasteiger partial charge in [0.2, 0.25) is 0 Å². The lowest BCUT2D eigenvalue weighted by Crippen LogP contribution is -2.34. The van der Waals surface area contributed by atoms with Gasteiger partial charge >= 0.3 is 0 Å². The molecular formula is C13H22FN3.